The van der Waals surface area contributed by atoms with E-state index in [1.54, 1.807) is 4.90 Å². The molecule has 1 aliphatic carbocycles. The molecule has 1 aromatic heterocycles. The number of carbonyl (C=O) groups excluding carboxylic acids is 1. The van der Waals surface area contributed by atoms with Gasteiger partial charge in [0.2, 0.25) is 11.9 Å². The Hall–Kier alpha value is -2.96. The van der Waals surface area contributed by atoms with Gasteiger partial charge >= 0.3 is 0 Å². The molecule has 2 heterocycles. The molecule has 2 N–H and O–H groups in total. The Balaban J connectivity index is 0.000000819. The minimum Gasteiger partial charge on any atom is -0.363 e. The van der Waals surface area contributed by atoms with Crippen LogP contribution in [0.4, 0.5) is 21.8 Å². The lowest BCUT2D eigenvalue weighted by Gasteiger charge is -2.32. The van der Waals surface area contributed by atoms with E-state index in [2.05, 4.69) is 60.1 Å². The number of hydrogen-bond donors (Lipinski definition) is 2. The summed E-state index contributed by atoms with van der Waals surface area (Å²) in [6.45, 7) is 11.4. The van der Waals surface area contributed by atoms with Gasteiger partial charge < -0.3 is 15.5 Å². The molecule has 1 amide bonds. The number of hydrogen-bond acceptors (Lipinski definition) is 5. The molecule has 1 saturated heterocycles. The number of nitrogens with one attached hydrogen (secondary N) is 2. The Kier molecular flexibility index (Phi) is 10.7. The van der Waals surface area contributed by atoms with Crippen LogP contribution in [0, 0.1) is 11.7 Å². The second-order valence-corrected chi connectivity index (χ2v) is 9.96. The maximum atomic E-state index is 14.4. The predicted octanol–water partition coefficient (Wildman–Crippen LogP) is 6.66. The van der Waals surface area contributed by atoms with Crippen molar-refractivity contribution in [3.63, 3.8) is 0 Å². The second-order valence-electron chi connectivity index (χ2n) is 9.96. The number of nitrogens with zero attached hydrogens (tertiary/aromatic N) is 3. The number of aromatic nitrogens is 2. The number of aryl methyl sites for hydroxylation is 2. The van der Waals surface area contributed by atoms with Crippen molar-refractivity contribution in [2.24, 2.45) is 5.92 Å². The fourth-order valence-electron chi connectivity index (χ4n) is 4.28. The summed E-state index contributed by atoms with van der Waals surface area (Å²) in [7, 11) is 0. The van der Waals surface area contributed by atoms with Gasteiger partial charge in [-0.2, -0.15) is 4.98 Å². The number of amides is 1. The minimum atomic E-state index is -0.511. The number of piperidine rings is 1. The molecule has 4 rings (SSSR count). The number of likely N-dealkylation sites (tertiary alicyclic amines) is 1. The maximum Gasteiger partial charge on any atom is 0.246 e. The molecule has 196 valence electrons. The van der Waals surface area contributed by atoms with Gasteiger partial charge in [0.15, 0.2) is 11.6 Å². The van der Waals surface area contributed by atoms with Gasteiger partial charge in [-0.05, 0) is 67.4 Å². The van der Waals surface area contributed by atoms with Crippen LogP contribution in [-0.4, -0.2) is 39.9 Å². The zero-order valence-corrected chi connectivity index (χ0v) is 22.2. The highest BCUT2D eigenvalue weighted by atomic mass is 19.1. The summed E-state index contributed by atoms with van der Waals surface area (Å²) >= 11 is 0. The number of rotatable bonds is 10. The van der Waals surface area contributed by atoms with Crippen LogP contribution >= 0.6 is 0 Å². The maximum absolute atomic E-state index is 14.4. The molecule has 1 unspecified atom stereocenters. The van der Waals surface area contributed by atoms with Gasteiger partial charge in [-0.15, -0.1) is 0 Å². The zero-order valence-electron chi connectivity index (χ0n) is 22.2. The summed E-state index contributed by atoms with van der Waals surface area (Å²) in [4.78, 5) is 22.1. The van der Waals surface area contributed by atoms with Crippen molar-refractivity contribution in [3.8, 4) is 0 Å². The molecule has 36 heavy (non-hydrogen) atoms. The van der Waals surface area contributed by atoms with Crippen LogP contribution in [0.1, 0.15) is 76.8 Å². The number of carbonyl (C=O) groups is 1. The highest BCUT2D eigenvalue weighted by Gasteiger charge is 2.23. The Morgan fingerprint density at radius 1 is 1.22 bits per heavy atom. The molecule has 0 spiro atoms. The van der Waals surface area contributed by atoms with Gasteiger partial charge in [-0.25, -0.2) is 9.37 Å². The van der Waals surface area contributed by atoms with E-state index in [9.17, 15) is 9.18 Å². The van der Waals surface area contributed by atoms with Gasteiger partial charge in [0.25, 0.3) is 0 Å². The van der Waals surface area contributed by atoms with E-state index < -0.39 is 5.82 Å². The summed E-state index contributed by atoms with van der Waals surface area (Å²) in [6.07, 6.45) is 12.8. The van der Waals surface area contributed by atoms with Crippen LogP contribution in [-0.2, 0) is 17.6 Å². The highest BCUT2D eigenvalue weighted by molar-refractivity contribution is 5.87. The van der Waals surface area contributed by atoms with E-state index in [1.807, 2.05) is 6.07 Å². The molecule has 2 fully saturated rings. The molecular formula is C29H42FN5O. The minimum absolute atomic E-state index is 0.0704. The van der Waals surface area contributed by atoms with E-state index in [0.29, 0.717) is 19.0 Å². The monoisotopic (exact) mass is 495 g/mol. The quantitative estimate of drug-likeness (QED) is 0.285. The van der Waals surface area contributed by atoms with Crippen LogP contribution < -0.4 is 10.6 Å². The molecule has 6 nitrogen and oxygen atoms in total. The SMILES string of the molecule is C=CC(=O)N1CCCC(Nc2nc(Nc3ccc(CCCCC)c(CC)c3)ncc2F)C1.CC1CC1. The topological polar surface area (TPSA) is 70.2 Å². The highest BCUT2D eigenvalue weighted by Crippen LogP contribution is 2.27. The average Bonchev–Trinajstić information content (AvgIpc) is 3.68. The van der Waals surface area contributed by atoms with Gasteiger partial charge in [0, 0.05) is 24.8 Å². The van der Waals surface area contributed by atoms with Gasteiger partial charge in [-0.1, -0.05) is 59.1 Å². The van der Waals surface area contributed by atoms with Crippen molar-refractivity contribution >= 4 is 23.4 Å². The number of anilines is 3. The number of unbranched alkanes of at least 4 members (excludes halogenated alkanes) is 2. The largest absolute Gasteiger partial charge is 0.363 e. The van der Waals surface area contributed by atoms with Crippen LogP contribution in [0.2, 0.25) is 0 Å². The lowest BCUT2D eigenvalue weighted by atomic mass is 9.99. The second kappa shape index (κ2) is 14.0. The number of benzene rings is 1. The first-order chi connectivity index (χ1) is 17.4. The van der Waals surface area contributed by atoms with Crippen LogP contribution in [0.15, 0.2) is 37.1 Å². The Morgan fingerprint density at radius 2 is 2.00 bits per heavy atom. The zero-order chi connectivity index (χ0) is 25.9. The van der Waals surface area contributed by atoms with Gasteiger partial charge in [0.05, 0.1) is 6.20 Å². The normalized spacial score (nSPS) is 17.1. The van der Waals surface area contributed by atoms with Gasteiger partial charge in [0.1, 0.15) is 0 Å². The first-order valence-corrected chi connectivity index (χ1v) is 13.5. The lowest BCUT2D eigenvalue weighted by Crippen LogP contribution is -2.44. The van der Waals surface area contributed by atoms with Crippen molar-refractivity contribution in [2.75, 3.05) is 23.7 Å². The van der Waals surface area contributed by atoms with Crippen molar-refractivity contribution in [1.29, 1.82) is 0 Å². The van der Waals surface area contributed by atoms with E-state index in [0.717, 1.165) is 37.3 Å². The Bertz CT molecular complexity index is 1010. The summed E-state index contributed by atoms with van der Waals surface area (Å²) in [5.74, 6) is 0.951. The fourth-order valence-corrected chi connectivity index (χ4v) is 4.28. The van der Waals surface area contributed by atoms with E-state index >= 15 is 0 Å². The summed E-state index contributed by atoms with van der Waals surface area (Å²) in [6, 6.07) is 6.24. The molecule has 1 atom stereocenters. The molecule has 1 aliphatic heterocycles. The molecule has 0 bridgehead atoms. The first kappa shape index (κ1) is 27.6. The third-order valence-corrected chi connectivity index (χ3v) is 6.75. The smallest absolute Gasteiger partial charge is 0.246 e. The molecular weight excluding hydrogens is 453 g/mol. The van der Waals surface area contributed by atoms with Crippen molar-refractivity contribution in [1.82, 2.24) is 14.9 Å². The predicted molar refractivity (Wildman–Crippen MR) is 146 cm³/mol. The molecule has 1 aromatic carbocycles. The van der Waals surface area contributed by atoms with Crippen LogP contribution in [0.25, 0.3) is 0 Å². The standard InChI is InChI=1S/C25H34FN5O.C4H8/c1-4-7-8-10-19-12-13-20(15-18(19)5-2)29-25-27-16-22(26)24(30-25)28-21-11-9-14-31(17-21)23(32)6-3;1-4-2-3-4/h6,12-13,15-16,21H,3-5,7-11,14,17H2,1-2H3,(H2,27,28,29,30);4H,2-3H2,1H3. The first-order valence-electron chi connectivity index (χ1n) is 13.5. The fraction of sp³-hybridized carbons (Fsp3) is 0.552. The lowest BCUT2D eigenvalue weighted by molar-refractivity contribution is -0.127. The van der Waals surface area contributed by atoms with Crippen LogP contribution in [0.5, 0.6) is 0 Å². The van der Waals surface area contributed by atoms with Crippen molar-refractivity contribution < 1.29 is 9.18 Å². The number of halogens is 1. The van der Waals surface area contributed by atoms with Gasteiger partial charge in [-0.3, -0.25) is 4.79 Å². The third kappa shape index (κ3) is 8.61. The molecule has 0 radical (unpaired) electrons. The molecule has 2 aromatic rings. The average molecular weight is 496 g/mol. The van der Waals surface area contributed by atoms with E-state index in [-0.39, 0.29) is 17.8 Å². The molecule has 1 saturated carbocycles. The Morgan fingerprint density at radius 3 is 2.67 bits per heavy atom. The Labute approximate surface area is 215 Å². The van der Waals surface area contributed by atoms with E-state index in [4.69, 9.17) is 0 Å². The van der Waals surface area contributed by atoms with E-state index in [1.165, 1.54) is 55.5 Å². The summed E-state index contributed by atoms with van der Waals surface area (Å²) in [5, 5.41) is 6.36. The third-order valence-electron chi connectivity index (χ3n) is 6.75. The van der Waals surface area contributed by atoms with Crippen LogP contribution in [0.3, 0.4) is 0 Å². The molecule has 2 aliphatic rings. The molecule has 7 heteroatoms. The van der Waals surface area contributed by atoms with Crippen molar-refractivity contribution in [2.45, 2.75) is 84.6 Å². The summed E-state index contributed by atoms with van der Waals surface area (Å²) < 4.78 is 14.4. The summed E-state index contributed by atoms with van der Waals surface area (Å²) in [5.41, 5.74) is 3.57. The van der Waals surface area contributed by atoms with Crippen molar-refractivity contribution in [3.05, 3.63) is 54.0 Å².